The first-order valence-electron chi connectivity index (χ1n) is 10.6. The van der Waals surface area contributed by atoms with E-state index in [1.807, 2.05) is 19.1 Å². The molecule has 1 saturated carbocycles. The van der Waals surface area contributed by atoms with E-state index in [1.165, 1.54) is 6.26 Å². The van der Waals surface area contributed by atoms with Gasteiger partial charge in [-0.05, 0) is 62.3 Å². The molecule has 1 aliphatic heterocycles. The van der Waals surface area contributed by atoms with Gasteiger partial charge in [-0.2, -0.15) is 0 Å². The third-order valence-corrected chi connectivity index (χ3v) is 6.56. The number of carbonyl (C=O) groups excluding carboxylic acids is 1. The van der Waals surface area contributed by atoms with E-state index in [4.69, 9.17) is 4.74 Å². The summed E-state index contributed by atoms with van der Waals surface area (Å²) in [5, 5.41) is 0. The van der Waals surface area contributed by atoms with Gasteiger partial charge in [-0.15, -0.1) is 0 Å². The third-order valence-electron chi connectivity index (χ3n) is 5.80. The molecule has 0 aromatic carbocycles. The van der Waals surface area contributed by atoms with Gasteiger partial charge in [-0.3, -0.25) is 9.78 Å². The molecule has 1 aromatic heterocycles. The highest BCUT2D eigenvalue weighted by atomic mass is 32.2. The van der Waals surface area contributed by atoms with E-state index in [0.717, 1.165) is 48.1 Å². The molecular formula is C23H31N3O4S. The zero-order chi connectivity index (χ0) is 22.6. The van der Waals surface area contributed by atoms with E-state index in [9.17, 15) is 13.2 Å². The van der Waals surface area contributed by atoms with Gasteiger partial charge in [0.1, 0.15) is 5.75 Å². The number of likely N-dealkylation sites (N-methyl/N-ethyl adjacent to an activating group) is 1. The molecule has 0 unspecified atom stereocenters. The summed E-state index contributed by atoms with van der Waals surface area (Å²) in [4.78, 5) is 17.8. The number of sulfonamides is 1. The van der Waals surface area contributed by atoms with Gasteiger partial charge in [-0.25, -0.2) is 13.1 Å². The summed E-state index contributed by atoms with van der Waals surface area (Å²) in [5.74, 6) is 0.784. The predicted molar refractivity (Wildman–Crippen MR) is 122 cm³/mol. The topological polar surface area (TPSA) is 88.6 Å². The molecular weight excluding hydrogens is 414 g/mol. The van der Waals surface area contributed by atoms with Gasteiger partial charge in [0.15, 0.2) is 0 Å². The fraction of sp³-hybridized carbons (Fsp3) is 0.478. The Bertz CT molecular complexity index is 1010. The number of nitrogens with zero attached hydrogens (tertiary/aromatic N) is 2. The number of rotatable bonds is 6. The highest BCUT2D eigenvalue weighted by Crippen LogP contribution is 2.30. The summed E-state index contributed by atoms with van der Waals surface area (Å²) in [7, 11) is -1.43. The molecule has 3 rings (SSSR count). The van der Waals surface area contributed by atoms with Crippen molar-refractivity contribution in [3.05, 3.63) is 54.0 Å². The van der Waals surface area contributed by atoms with Crippen LogP contribution >= 0.6 is 0 Å². The van der Waals surface area contributed by atoms with Crippen LogP contribution in [0.15, 0.2) is 48.5 Å². The van der Waals surface area contributed by atoms with Crippen LogP contribution in [0, 0.1) is 0 Å². The molecule has 2 fully saturated rings. The first-order valence-corrected chi connectivity index (χ1v) is 12.5. The number of allylic oxidation sites excluding steroid dienone is 4. The number of nitrogens with one attached hydrogen (secondary N) is 1. The molecule has 1 aliphatic carbocycles. The van der Waals surface area contributed by atoms with Crippen LogP contribution in [-0.4, -0.2) is 49.7 Å². The van der Waals surface area contributed by atoms with Crippen molar-refractivity contribution in [3.8, 4) is 5.75 Å². The Kier molecular flexibility index (Phi) is 7.33. The van der Waals surface area contributed by atoms with Gasteiger partial charge in [0.05, 0.1) is 18.6 Å². The van der Waals surface area contributed by atoms with Gasteiger partial charge in [0, 0.05) is 37.0 Å². The summed E-state index contributed by atoms with van der Waals surface area (Å²) in [5.41, 5.74) is 3.71. The number of piperidine rings is 1. The Hall–Kier alpha value is -2.45. The maximum atomic E-state index is 11.9. The molecule has 2 heterocycles. The average Bonchev–Trinajstić information content (AvgIpc) is 2.72. The summed E-state index contributed by atoms with van der Waals surface area (Å²) < 4.78 is 31.7. The van der Waals surface area contributed by atoms with E-state index < -0.39 is 10.0 Å². The number of amides is 1. The molecule has 8 heteroatoms. The first-order chi connectivity index (χ1) is 14.7. The molecule has 0 spiro atoms. The lowest BCUT2D eigenvalue weighted by Gasteiger charge is -2.29. The molecule has 31 heavy (non-hydrogen) atoms. The van der Waals surface area contributed by atoms with Gasteiger partial charge < -0.3 is 9.64 Å². The minimum absolute atomic E-state index is 0.0193. The number of ether oxygens (including phenoxy) is 1. The minimum Gasteiger partial charge on any atom is -0.489 e. The summed E-state index contributed by atoms with van der Waals surface area (Å²) >= 11 is 0. The average molecular weight is 446 g/mol. The highest BCUT2D eigenvalue weighted by Gasteiger charge is 2.25. The van der Waals surface area contributed by atoms with Gasteiger partial charge in [0.25, 0.3) is 0 Å². The minimum atomic E-state index is -3.18. The molecule has 168 valence electrons. The Balaban J connectivity index is 1.66. The van der Waals surface area contributed by atoms with Gasteiger partial charge in [-0.1, -0.05) is 12.7 Å². The summed E-state index contributed by atoms with van der Waals surface area (Å²) in [6, 6.07) is 1.95. The zero-order valence-corrected chi connectivity index (χ0v) is 19.2. The second-order valence-corrected chi connectivity index (χ2v) is 9.98. The van der Waals surface area contributed by atoms with Crippen molar-refractivity contribution in [2.24, 2.45) is 0 Å². The highest BCUT2D eigenvalue weighted by molar-refractivity contribution is 7.88. The lowest BCUT2D eigenvalue weighted by molar-refractivity contribution is -0.128. The van der Waals surface area contributed by atoms with Crippen LogP contribution in [0.25, 0.3) is 5.57 Å². The Morgan fingerprint density at radius 3 is 2.61 bits per heavy atom. The maximum Gasteiger partial charge on any atom is 0.227 e. The second-order valence-electron chi connectivity index (χ2n) is 8.20. The lowest BCUT2D eigenvalue weighted by Crippen LogP contribution is -2.39. The SMILES string of the molecule is C=C1/C(=C\C(=C/C)c2cncc(OC3CCC(NS(C)(=O)=O)CC3)c2)CCC(=O)N1C. The van der Waals surface area contributed by atoms with Crippen LogP contribution in [0.1, 0.15) is 51.0 Å². The number of likely N-dealkylation sites (tertiary alicyclic amines) is 1. The quantitative estimate of drug-likeness (QED) is 0.725. The van der Waals surface area contributed by atoms with E-state index in [-0.39, 0.29) is 18.1 Å². The monoisotopic (exact) mass is 445 g/mol. The van der Waals surface area contributed by atoms with Crippen molar-refractivity contribution in [1.29, 1.82) is 0 Å². The van der Waals surface area contributed by atoms with E-state index in [1.54, 1.807) is 24.3 Å². The molecule has 1 saturated heterocycles. The van der Waals surface area contributed by atoms with Crippen molar-refractivity contribution in [1.82, 2.24) is 14.6 Å². The van der Waals surface area contributed by atoms with Crippen molar-refractivity contribution >= 4 is 21.5 Å². The van der Waals surface area contributed by atoms with Crippen LogP contribution in [0.2, 0.25) is 0 Å². The first kappa shape index (κ1) is 23.2. The fourth-order valence-corrected chi connectivity index (χ4v) is 4.87. The van der Waals surface area contributed by atoms with Crippen LogP contribution in [0.4, 0.5) is 0 Å². The number of pyridine rings is 1. The van der Waals surface area contributed by atoms with E-state index >= 15 is 0 Å². The molecule has 0 bridgehead atoms. The third kappa shape index (κ3) is 6.27. The standard InChI is InChI=1S/C23H31N3O4S/c1-5-17(12-18-6-11-23(27)26(3)16(18)2)19-13-22(15-24-14-19)30-21-9-7-20(8-10-21)25-31(4,28)29/h5,12-15,20-21,25H,2,6-11H2,1,3-4H3/b17-5+,18-12-. The van der Waals surface area contributed by atoms with Crippen molar-refractivity contribution in [3.63, 3.8) is 0 Å². The normalized spacial score (nSPS) is 24.5. The molecule has 2 aliphatic rings. The van der Waals surface area contributed by atoms with Crippen LogP contribution in [0.3, 0.4) is 0 Å². The Morgan fingerprint density at radius 1 is 1.26 bits per heavy atom. The van der Waals surface area contributed by atoms with E-state index in [0.29, 0.717) is 18.6 Å². The molecule has 1 aromatic rings. The smallest absolute Gasteiger partial charge is 0.227 e. The van der Waals surface area contributed by atoms with Gasteiger partial charge in [0.2, 0.25) is 15.9 Å². The fourth-order valence-electron chi connectivity index (χ4n) is 4.03. The predicted octanol–water partition coefficient (Wildman–Crippen LogP) is 3.42. The Labute approximate surface area is 184 Å². The zero-order valence-electron chi connectivity index (χ0n) is 18.4. The van der Waals surface area contributed by atoms with Crippen LogP contribution in [-0.2, 0) is 14.8 Å². The van der Waals surface area contributed by atoms with Crippen molar-refractivity contribution < 1.29 is 17.9 Å². The largest absolute Gasteiger partial charge is 0.489 e. The molecule has 1 amide bonds. The van der Waals surface area contributed by atoms with Crippen molar-refractivity contribution in [2.45, 2.75) is 57.6 Å². The van der Waals surface area contributed by atoms with Crippen LogP contribution < -0.4 is 9.46 Å². The molecule has 1 N–H and O–H groups in total. The number of carbonyl (C=O) groups is 1. The number of hydrogen-bond acceptors (Lipinski definition) is 5. The molecule has 7 nitrogen and oxygen atoms in total. The Morgan fingerprint density at radius 2 is 1.97 bits per heavy atom. The van der Waals surface area contributed by atoms with Crippen LogP contribution in [0.5, 0.6) is 5.75 Å². The lowest BCUT2D eigenvalue weighted by atomic mass is 9.93. The maximum absolute atomic E-state index is 11.9. The van der Waals surface area contributed by atoms with Crippen molar-refractivity contribution in [2.75, 3.05) is 13.3 Å². The number of hydrogen-bond donors (Lipinski definition) is 1. The van der Waals surface area contributed by atoms with E-state index in [2.05, 4.69) is 22.4 Å². The summed E-state index contributed by atoms with van der Waals surface area (Å²) in [6.07, 6.45) is 13.1. The summed E-state index contributed by atoms with van der Waals surface area (Å²) in [6.45, 7) is 6.03. The molecule has 0 atom stereocenters. The number of aromatic nitrogens is 1. The second kappa shape index (κ2) is 9.78. The molecule has 0 radical (unpaired) electrons. The van der Waals surface area contributed by atoms with Gasteiger partial charge >= 0.3 is 0 Å².